The van der Waals surface area contributed by atoms with Crippen molar-refractivity contribution in [3.63, 3.8) is 0 Å². The molecule has 3 aromatic rings. The highest BCUT2D eigenvalue weighted by atomic mass is 16.6. The Morgan fingerprint density at radius 2 is 1.51 bits per heavy atom. The van der Waals surface area contributed by atoms with Gasteiger partial charge in [0.05, 0.1) is 0 Å². The minimum absolute atomic E-state index is 0.0986. The predicted molar refractivity (Wildman–Crippen MR) is 169 cm³/mol. The minimum Gasteiger partial charge on any atom is -0.508 e. The Balaban J connectivity index is 2.06. The van der Waals surface area contributed by atoms with Crippen molar-refractivity contribution in [3.8, 4) is 5.75 Å². The molecule has 2 unspecified atom stereocenters. The molecule has 3 N–H and O–H groups in total. The molecule has 0 saturated heterocycles. The number of rotatable bonds is 12. The van der Waals surface area contributed by atoms with Gasteiger partial charge in [0.1, 0.15) is 23.4 Å². The second-order valence-corrected chi connectivity index (χ2v) is 11.9. The van der Waals surface area contributed by atoms with Gasteiger partial charge in [-0.2, -0.15) is 0 Å². The molecule has 0 bridgehead atoms. The summed E-state index contributed by atoms with van der Waals surface area (Å²) in [5.41, 5.74) is 3.46. The molecule has 8 nitrogen and oxygen atoms in total. The van der Waals surface area contributed by atoms with Gasteiger partial charge in [-0.25, -0.2) is 4.79 Å². The molecule has 2 atom stereocenters. The first-order valence-electron chi connectivity index (χ1n) is 14.8. The van der Waals surface area contributed by atoms with E-state index >= 15 is 0 Å². The monoisotopic (exact) mass is 587 g/mol. The Bertz CT molecular complexity index is 1350. The van der Waals surface area contributed by atoms with E-state index in [4.69, 9.17) is 4.74 Å². The zero-order valence-corrected chi connectivity index (χ0v) is 26.1. The number of ether oxygens (including phenoxy) is 1. The molecule has 8 heteroatoms. The van der Waals surface area contributed by atoms with Crippen LogP contribution in [0.2, 0.25) is 0 Å². The van der Waals surface area contributed by atoms with Crippen LogP contribution in [0, 0.1) is 13.8 Å². The fourth-order valence-electron chi connectivity index (χ4n) is 4.98. The van der Waals surface area contributed by atoms with E-state index in [0.717, 1.165) is 34.2 Å². The number of nitrogens with zero attached hydrogens (tertiary/aromatic N) is 1. The van der Waals surface area contributed by atoms with Crippen molar-refractivity contribution in [2.24, 2.45) is 0 Å². The molecule has 0 aromatic heterocycles. The number of aryl methyl sites for hydroxylation is 2. The fraction of sp³-hybridized carbons (Fsp3) is 0.400. The van der Waals surface area contributed by atoms with E-state index in [1.54, 1.807) is 37.8 Å². The van der Waals surface area contributed by atoms with Gasteiger partial charge < -0.3 is 25.4 Å². The largest absolute Gasteiger partial charge is 0.508 e. The molecule has 3 aromatic carbocycles. The first-order valence-corrected chi connectivity index (χ1v) is 14.8. The lowest BCUT2D eigenvalue weighted by molar-refractivity contribution is -0.142. The summed E-state index contributed by atoms with van der Waals surface area (Å²) < 4.78 is 5.51. The summed E-state index contributed by atoms with van der Waals surface area (Å²) in [6.45, 7) is 11.8. The van der Waals surface area contributed by atoms with Crippen molar-refractivity contribution in [2.45, 2.75) is 85.0 Å². The number of hydrogen-bond acceptors (Lipinski definition) is 5. The van der Waals surface area contributed by atoms with Crippen LogP contribution in [0.1, 0.15) is 74.4 Å². The number of amides is 3. The number of carbonyl (C=O) groups is 3. The highest BCUT2D eigenvalue weighted by molar-refractivity contribution is 5.92. The maximum absolute atomic E-state index is 14.6. The molecule has 43 heavy (non-hydrogen) atoms. The van der Waals surface area contributed by atoms with E-state index in [1.165, 1.54) is 12.1 Å². The van der Waals surface area contributed by atoms with E-state index in [2.05, 4.69) is 10.6 Å². The number of phenolic OH excluding ortho intramolecular Hbond substituents is 1. The summed E-state index contributed by atoms with van der Waals surface area (Å²) in [4.78, 5) is 43.2. The number of unbranched alkanes of at least 4 members (excludes halogenated alkanes) is 1. The van der Waals surface area contributed by atoms with Crippen LogP contribution >= 0.6 is 0 Å². The second kappa shape index (κ2) is 15.2. The predicted octanol–water partition coefficient (Wildman–Crippen LogP) is 6.13. The van der Waals surface area contributed by atoms with Crippen LogP contribution in [0.5, 0.6) is 5.75 Å². The van der Waals surface area contributed by atoms with Gasteiger partial charge in [0.15, 0.2) is 0 Å². The molecule has 230 valence electrons. The molecule has 0 radical (unpaired) electrons. The zero-order valence-electron chi connectivity index (χ0n) is 26.1. The number of phenols is 1. The number of nitrogens with one attached hydrogen (secondary N) is 2. The van der Waals surface area contributed by atoms with Crippen molar-refractivity contribution in [1.29, 1.82) is 0 Å². The van der Waals surface area contributed by atoms with Crippen LogP contribution in [0.15, 0.2) is 72.8 Å². The molecular weight excluding hydrogens is 542 g/mol. The van der Waals surface area contributed by atoms with E-state index in [0.29, 0.717) is 19.5 Å². The van der Waals surface area contributed by atoms with Gasteiger partial charge in [0.2, 0.25) is 11.8 Å². The van der Waals surface area contributed by atoms with Crippen LogP contribution in [-0.4, -0.2) is 46.1 Å². The lowest BCUT2D eigenvalue weighted by Gasteiger charge is -2.36. The lowest BCUT2D eigenvalue weighted by atomic mass is 9.93. The molecule has 0 spiro atoms. The van der Waals surface area contributed by atoms with Gasteiger partial charge >= 0.3 is 6.09 Å². The van der Waals surface area contributed by atoms with Gasteiger partial charge in [0, 0.05) is 19.5 Å². The van der Waals surface area contributed by atoms with E-state index in [-0.39, 0.29) is 18.1 Å². The van der Waals surface area contributed by atoms with Crippen LogP contribution in [0.25, 0.3) is 0 Å². The van der Waals surface area contributed by atoms with Gasteiger partial charge in [-0.15, -0.1) is 0 Å². The summed E-state index contributed by atoms with van der Waals surface area (Å²) in [6, 6.07) is 20.0. The summed E-state index contributed by atoms with van der Waals surface area (Å²) in [5, 5.41) is 15.6. The quantitative estimate of drug-likeness (QED) is 0.236. The van der Waals surface area contributed by atoms with Crippen LogP contribution in [0.3, 0.4) is 0 Å². The Hall–Kier alpha value is -4.33. The molecule has 0 heterocycles. The third-order valence-corrected chi connectivity index (χ3v) is 7.09. The summed E-state index contributed by atoms with van der Waals surface area (Å²) >= 11 is 0. The van der Waals surface area contributed by atoms with E-state index in [9.17, 15) is 19.5 Å². The highest BCUT2D eigenvalue weighted by Crippen LogP contribution is 2.29. The van der Waals surface area contributed by atoms with Gasteiger partial charge in [-0.05, 0) is 81.0 Å². The van der Waals surface area contributed by atoms with Gasteiger partial charge in [-0.1, -0.05) is 74.0 Å². The third kappa shape index (κ3) is 9.87. The Labute approximate surface area is 255 Å². The number of carbonyl (C=O) groups excluding carboxylic acids is 3. The van der Waals surface area contributed by atoms with Gasteiger partial charge in [0.25, 0.3) is 0 Å². The summed E-state index contributed by atoms with van der Waals surface area (Å²) in [7, 11) is 0. The minimum atomic E-state index is -1.02. The Morgan fingerprint density at radius 1 is 0.884 bits per heavy atom. The first kappa shape index (κ1) is 33.2. The van der Waals surface area contributed by atoms with Crippen molar-refractivity contribution in [1.82, 2.24) is 15.5 Å². The van der Waals surface area contributed by atoms with Crippen LogP contribution < -0.4 is 10.6 Å². The lowest BCUT2D eigenvalue weighted by Crippen LogP contribution is -2.54. The fourth-order valence-corrected chi connectivity index (χ4v) is 4.98. The number of aromatic hydroxyl groups is 1. The Kier molecular flexibility index (Phi) is 11.8. The molecule has 0 aliphatic carbocycles. The van der Waals surface area contributed by atoms with Crippen molar-refractivity contribution >= 4 is 17.9 Å². The van der Waals surface area contributed by atoms with Crippen molar-refractivity contribution < 1.29 is 24.2 Å². The molecule has 0 aliphatic rings. The highest BCUT2D eigenvalue weighted by Gasteiger charge is 2.37. The number of alkyl carbamates (subject to hydrolysis) is 1. The number of benzene rings is 3. The average Bonchev–Trinajstić information content (AvgIpc) is 2.95. The van der Waals surface area contributed by atoms with Crippen LogP contribution in [-0.2, 0) is 27.3 Å². The van der Waals surface area contributed by atoms with Gasteiger partial charge in [-0.3, -0.25) is 9.59 Å². The maximum atomic E-state index is 14.6. The third-order valence-electron chi connectivity index (χ3n) is 7.09. The topological polar surface area (TPSA) is 108 Å². The SMILES string of the molecule is CCCCN(C(=O)C(Cc1ccc(O)cc1)NC(=O)OC(C)(C)C)C(C(=O)NCc1ccccc1)c1c(C)cccc1C. The maximum Gasteiger partial charge on any atom is 0.408 e. The number of hydrogen-bond donors (Lipinski definition) is 3. The molecule has 0 fully saturated rings. The molecule has 3 amide bonds. The summed E-state index contributed by atoms with van der Waals surface area (Å²) in [6.07, 6.45) is 0.887. The van der Waals surface area contributed by atoms with Crippen molar-refractivity contribution in [2.75, 3.05) is 6.54 Å². The normalized spacial score (nSPS) is 12.6. The molecule has 0 aliphatic heterocycles. The second-order valence-electron chi connectivity index (χ2n) is 11.9. The first-order chi connectivity index (χ1) is 20.4. The molecule has 0 saturated carbocycles. The molecular formula is C35H45N3O5. The van der Waals surface area contributed by atoms with Crippen LogP contribution in [0.4, 0.5) is 4.79 Å². The van der Waals surface area contributed by atoms with E-state index in [1.807, 2.05) is 69.3 Å². The van der Waals surface area contributed by atoms with Crippen molar-refractivity contribution in [3.05, 3.63) is 101 Å². The average molecular weight is 588 g/mol. The molecule has 3 rings (SSSR count). The summed E-state index contributed by atoms with van der Waals surface area (Å²) in [5.74, 6) is -0.595. The Morgan fingerprint density at radius 3 is 2.09 bits per heavy atom. The smallest absolute Gasteiger partial charge is 0.408 e. The zero-order chi connectivity index (χ0) is 31.6. The van der Waals surface area contributed by atoms with E-state index < -0.39 is 29.7 Å². The standard InChI is InChI=1S/C35H45N3O5/c1-7-8-21-38(33(41)29(37-34(42)43-35(4,5)6)22-26-17-19-28(39)20-18-26)31(30-24(2)13-12-14-25(30)3)32(40)36-23-27-15-10-9-11-16-27/h9-20,29,31,39H,7-8,21-23H2,1-6H3,(H,36,40)(H,37,42).